The van der Waals surface area contributed by atoms with Gasteiger partial charge in [0.25, 0.3) is 0 Å². The third kappa shape index (κ3) is 3.58. The van der Waals surface area contributed by atoms with Crippen LogP contribution in [-0.2, 0) is 5.41 Å². The molecule has 2 heteroatoms. The van der Waals surface area contributed by atoms with E-state index in [-0.39, 0.29) is 12.0 Å². The maximum Gasteiger partial charge on any atom is 0.0537 e. The summed E-state index contributed by atoms with van der Waals surface area (Å²) in [4.78, 5) is 2.51. The Morgan fingerprint density at radius 3 is 2.26 bits per heavy atom. The molecule has 0 radical (unpaired) electrons. The normalized spacial score (nSPS) is 22.9. The summed E-state index contributed by atoms with van der Waals surface area (Å²) in [6.07, 6.45) is 2.51. The Bertz CT molecular complexity index is 391. The highest BCUT2D eigenvalue weighted by molar-refractivity contribution is 5.25. The molecule has 1 unspecified atom stereocenters. The quantitative estimate of drug-likeness (QED) is 0.900. The molecule has 1 heterocycles. The first-order valence-corrected chi connectivity index (χ1v) is 7.34. The summed E-state index contributed by atoms with van der Waals surface area (Å²) in [5.41, 5.74) is 1.57. The van der Waals surface area contributed by atoms with E-state index in [1.54, 1.807) is 0 Å². The number of nitrogens with zero attached hydrogens (tertiary/aromatic N) is 1. The van der Waals surface area contributed by atoms with E-state index < -0.39 is 0 Å². The number of hydrogen-bond acceptors (Lipinski definition) is 2. The molecule has 2 nitrogen and oxygen atoms in total. The van der Waals surface area contributed by atoms with E-state index in [4.69, 9.17) is 0 Å². The van der Waals surface area contributed by atoms with Gasteiger partial charge in [0.15, 0.2) is 0 Å². The average molecular weight is 261 g/mol. The molecule has 1 aliphatic rings. The summed E-state index contributed by atoms with van der Waals surface area (Å²) >= 11 is 0. The van der Waals surface area contributed by atoms with Gasteiger partial charge in [-0.15, -0.1) is 0 Å². The lowest BCUT2D eigenvalue weighted by Gasteiger charge is -2.41. The molecule has 1 fully saturated rings. The van der Waals surface area contributed by atoms with Crippen LogP contribution >= 0.6 is 0 Å². The van der Waals surface area contributed by atoms with E-state index in [1.165, 1.54) is 18.4 Å². The summed E-state index contributed by atoms with van der Waals surface area (Å²) in [5, 5.41) is 9.85. The average Bonchev–Trinajstić information content (AvgIpc) is 2.42. The molecule has 1 aromatic carbocycles. The summed E-state index contributed by atoms with van der Waals surface area (Å²) in [7, 11) is 0. The minimum absolute atomic E-state index is 0.150. The molecule has 0 bridgehead atoms. The third-order valence-corrected chi connectivity index (χ3v) is 4.60. The van der Waals surface area contributed by atoms with Crippen LogP contribution in [0.1, 0.15) is 39.2 Å². The molecule has 0 aliphatic carbocycles. The molecule has 106 valence electrons. The lowest BCUT2D eigenvalue weighted by molar-refractivity contribution is 0.0891. The van der Waals surface area contributed by atoms with Crippen LogP contribution in [0, 0.1) is 5.41 Å². The predicted octanol–water partition coefficient (Wildman–Crippen LogP) is 3.06. The van der Waals surface area contributed by atoms with Crippen LogP contribution in [0.15, 0.2) is 30.3 Å². The molecular formula is C17H27NO. The zero-order valence-electron chi connectivity index (χ0n) is 12.5. The lowest BCUT2D eigenvalue weighted by atomic mass is 9.79. The summed E-state index contributed by atoms with van der Waals surface area (Å²) < 4.78 is 0. The van der Waals surface area contributed by atoms with Gasteiger partial charge in [0, 0.05) is 12.0 Å². The Morgan fingerprint density at radius 1 is 1.16 bits per heavy atom. The van der Waals surface area contributed by atoms with Crippen molar-refractivity contribution < 1.29 is 5.11 Å². The van der Waals surface area contributed by atoms with Crippen LogP contribution in [0.2, 0.25) is 0 Å². The second-order valence-corrected chi connectivity index (χ2v) is 7.03. The van der Waals surface area contributed by atoms with Gasteiger partial charge in [0.1, 0.15) is 0 Å². The van der Waals surface area contributed by atoms with Crippen molar-refractivity contribution in [2.24, 2.45) is 5.41 Å². The van der Waals surface area contributed by atoms with Gasteiger partial charge in [-0.3, -0.25) is 0 Å². The van der Waals surface area contributed by atoms with Gasteiger partial charge in [-0.1, -0.05) is 51.1 Å². The van der Waals surface area contributed by atoms with E-state index in [9.17, 15) is 5.11 Å². The Labute approximate surface area is 117 Å². The van der Waals surface area contributed by atoms with Crippen molar-refractivity contribution in [3.63, 3.8) is 0 Å². The molecule has 0 aromatic heterocycles. The first kappa shape index (κ1) is 14.5. The fourth-order valence-corrected chi connectivity index (χ4v) is 2.88. The van der Waals surface area contributed by atoms with Gasteiger partial charge in [-0.25, -0.2) is 0 Å². The predicted molar refractivity (Wildman–Crippen MR) is 80.3 cm³/mol. The van der Waals surface area contributed by atoms with Gasteiger partial charge in [-0.05, 0) is 36.9 Å². The van der Waals surface area contributed by atoms with Crippen molar-refractivity contribution in [2.75, 3.05) is 26.2 Å². The van der Waals surface area contributed by atoms with Crippen molar-refractivity contribution in [2.45, 2.75) is 39.0 Å². The molecule has 1 aliphatic heterocycles. The van der Waals surface area contributed by atoms with Gasteiger partial charge in [0.2, 0.25) is 0 Å². The van der Waals surface area contributed by atoms with Crippen LogP contribution in [0.3, 0.4) is 0 Å². The van der Waals surface area contributed by atoms with Crippen LogP contribution < -0.4 is 0 Å². The standard InChI is InChI=1S/C17H27NO/c1-16(2)9-11-18(12-10-16)13-17(3,14-19)15-7-5-4-6-8-15/h4-8,19H,9-14H2,1-3H3. The van der Waals surface area contributed by atoms with Gasteiger partial charge in [0.05, 0.1) is 6.61 Å². The highest BCUT2D eigenvalue weighted by Gasteiger charge is 2.32. The number of aliphatic hydroxyl groups is 1. The van der Waals surface area contributed by atoms with E-state index in [1.807, 2.05) is 6.07 Å². The number of aliphatic hydroxyl groups excluding tert-OH is 1. The lowest BCUT2D eigenvalue weighted by Crippen LogP contribution is -2.46. The number of benzene rings is 1. The number of likely N-dealkylation sites (tertiary alicyclic amines) is 1. The van der Waals surface area contributed by atoms with Crippen molar-refractivity contribution in [3.8, 4) is 0 Å². The highest BCUT2D eigenvalue weighted by Crippen LogP contribution is 2.32. The first-order chi connectivity index (χ1) is 8.95. The summed E-state index contributed by atoms with van der Waals surface area (Å²) in [5.74, 6) is 0. The van der Waals surface area contributed by atoms with Crippen molar-refractivity contribution in [1.29, 1.82) is 0 Å². The first-order valence-electron chi connectivity index (χ1n) is 7.34. The molecule has 19 heavy (non-hydrogen) atoms. The molecule has 2 rings (SSSR count). The second kappa shape index (κ2) is 5.64. The topological polar surface area (TPSA) is 23.5 Å². The SMILES string of the molecule is CC1(C)CCN(CC(C)(CO)c2ccccc2)CC1. The fourth-order valence-electron chi connectivity index (χ4n) is 2.88. The Balaban J connectivity index is 2.04. The summed E-state index contributed by atoms with van der Waals surface area (Å²) in [6.45, 7) is 10.3. The molecule has 1 N–H and O–H groups in total. The van der Waals surface area contributed by atoms with Crippen LogP contribution in [0.4, 0.5) is 0 Å². The van der Waals surface area contributed by atoms with Crippen LogP contribution in [0.25, 0.3) is 0 Å². The zero-order valence-corrected chi connectivity index (χ0v) is 12.5. The van der Waals surface area contributed by atoms with Crippen LogP contribution in [0.5, 0.6) is 0 Å². The van der Waals surface area contributed by atoms with Gasteiger partial charge >= 0.3 is 0 Å². The minimum atomic E-state index is -0.150. The zero-order chi connectivity index (χ0) is 13.9. The van der Waals surface area contributed by atoms with Crippen molar-refractivity contribution in [1.82, 2.24) is 4.90 Å². The van der Waals surface area contributed by atoms with Crippen molar-refractivity contribution in [3.05, 3.63) is 35.9 Å². The molecule has 1 atom stereocenters. The van der Waals surface area contributed by atoms with Gasteiger partial charge in [-0.2, -0.15) is 0 Å². The molecule has 1 aromatic rings. The van der Waals surface area contributed by atoms with Gasteiger partial charge < -0.3 is 10.0 Å². The highest BCUT2D eigenvalue weighted by atomic mass is 16.3. The Morgan fingerprint density at radius 2 is 1.74 bits per heavy atom. The molecule has 0 spiro atoms. The third-order valence-electron chi connectivity index (χ3n) is 4.60. The molecule has 0 saturated carbocycles. The largest absolute Gasteiger partial charge is 0.395 e. The van der Waals surface area contributed by atoms with Crippen molar-refractivity contribution >= 4 is 0 Å². The number of piperidine rings is 1. The van der Waals surface area contributed by atoms with E-state index >= 15 is 0 Å². The maximum atomic E-state index is 9.85. The minimum Gasteiger partial charge on any atom is -0.395 e. The van der Waals surface area contributed by atoms with E-state index in [0.717, 1.165) is 19.6 Å². The smallest absolute Gasteiger partial charge is 0.0537 e. The monoisotopic (exact) mass is 261 g/mol. The number of hydrogen-bond donors (Lipinski definition) is 1. The Hall–Kier alpha value is -0.860. The van der Waals surface area contributed by atoms with Crippen LogP contribution in [-0.4, -0.2) is 36.2 Å². The molecule has 1 saturated heterocycles. The van der Waals surface area contributed by atoms with E-state index in [0.29, 0.717) is 5.41 Å². The van der Waals surface area contributed by atoms with E-state index in [2.05, 4.69) is 49.9 Å². The molecule has 0 amide bonds. The molecular weight excluding hydrogens is 234 g/mol. The number of rotatable bonds is 4. The fraction of sp³-hybridized carbons (Fsp3) is 0.647. The second-order valence-electron chi connectivity index (χ2n) is 7.03. The Kier molecular flexibility index (Phi) is 4.32. The summed E-state index contributed by atoms with van der Waals surface area (Å²) in [6, 6.07) is 10.4. The maximum absolute atomic E-state index is 9.85.